The highest BCUT2D eigenvalue weighted by Crippen LogP contribution is 2.56. The fraction of sp³-hybridized carbons (Fsp3) is 0.471. The summed E-state index contributed by atoms with van der Waals surface area (Å²) >= 11 is 0. The number of rotatable bonds is 2. The summed E-state index contributed by atoms with van der Waals surface area (Å²) in [5, 5.41) is 0. The van der Waals surface area contributed by atoms with E-state index in [1.165, 1.54) is 11.8 Å². The Labute approximate surface area is 123 Å². The van der Waals surface area contributed by atoms with E-state index in [9.17, 15) is 14.4 Å². The summed E-state index contributed by atoms with van der Waals surface area (Å²) in [4.78, 5) is 38.0. The third-order valence-corrected chi connectivity index (χ3v) is 5.46. The minimum absolute atomic E-state index is 0.0180. The van der Waals surface area contributed by atoms with Gasteiger partial charge in [0.25, 0.3) is 0 Å². The molecule has 1 aromatic rings. The highest BCUT2D eigenvalue weighted by molar-refractivity contribution is 6.22. The lowest BCUT2D eigenvalue weighted by atomic mass is 9.81. The van der Waals surface area contributed by atoms with Crippen LogP contribution in [0.3, 0.4) is 0 Å². The third-order valence-electron chi connectivity index (χ3n) is 5.46. The molecule has 0 aromatic heterocycles. The molecule has 2 aliphatic carbocycles. The maximum absolute atomic E-state index is 12.6. The number of hydrogen-bond donors (Lipinski definition) is 0. The maximum atomic E-state index is 12.6. The van der Waals surface area contributed by atoms with Crippen molar-refractivity contribution < 1.29 is 14.4 Å². The Bertz CT molecular complexity index is 621. The van der Waals surface area contributed by atoms with Crippen molar-refractivity contribution in [3.8, 4) is 0 Å². The Kier molecular flexibility index (Phi) is 2.59. The van der Waals surface area contributed by atoms with E-state index >= 15 is 0 Å². The van der Waals surface area contributed by atoms with Crippen LogP contribution < -0.4 is 4.90 Å². The molecule has 4 atom stereocenters. The number of carbonyl (C=O) groups is 3. The van der Waals surface area contributed by atoms with E-state index in [0.29, 0.717) is 23.1 Å². The Morgan fingerprint density at radius 2 is 1.52 bits per heavy atom. The molecule has 1 heterocycles. The predicted molar refractivity (Wildman–Crippen MR) is 76.8 cm³/mol. The Morgan fingerprint density at radius 1 is 1.00 bits per heavy atom. The van der Waals surface area contributed by atoms with E-state index in [-0.39, 0.29) is 29.4 Å². The maximum Gasteiger partial charge on any atom is 0.237 e. The fourth-order valence-electron chi connectivity index (χ4n) is 4.51. The van der Waals surface area contributed by atoms with Crippen molar-refractivity contribution in [1.29, 1.82) is 0 Å². The first kappa shape index (κ1) is 12.7. The second-order valence-corrected chi connectivity index (χ2v) is 6.50. The van der Waals surface area contributed by atoms with Gasteiger partial charge in [-0.1, -0.05) is 0 Å². The summed E-state index contributed by atoms with van der Waals surface area (Å²) in [6, 6.07) is 6.77. The molecule has 2 bridgehead atoms. The molecule has 4 heteroatoms. The fourth-order valence-corrected chi connectivity index (χ4v) is 4.51. The van der Waals surface area contributed by atoms with Gasteiger partial charge in [-0.25, -0.2) is 0 Å². The number of hydrogen-bond acceptors (Lipinski definition) is 3. The molecule has 3 fully saturated rings. The van der Waals surface area contributed by atoms with E-state index in [1.807, 2.05) is 0 Å². The molecule has 0 N–H and O–H groups in total. The molecule has 4 nitrogen and oxygen atoms in total. The normalized spacial score (nSPS) is 33.7. The van der Waals surface area contributed by atoms with Crippen molar-refractivity contribution >= 4 is 23.3 Å². The van der Waals surface area contributed by atoms with E-state index in [4.69, 9.17) is 0 Å². The zero-order valence-electron chi connectivity index (χ0n) is 11.9. The lowest BCUT2D eigenvalue weighted by Gasteiger charge is -2.19. The summed E-state index contributed by atoms with van der Waals surface area (Å²) < 4.78 is 0. The van der Waals surface area contributed by atoms with Crippen molar-refractivity contribution in [3.05, 3.63) is 29.8 Å². The van der Waals surface area contributed by atoms with Crippen LogP contribution in [0.1, 0.15) is 36.5 Å². The van der Waals surface area contributed by atoms with Crippen LogP contribution in [0.4, 0.5) is 5.69 Å². The van der Waals surface area contributed by atoms with Gasteiger partial charge in [0.2, 0.25) is 11.8 Å². The first-order valence-electron chi connectivity index (χ1n) is 7.56. The highest BCUT2D eigenvalue weighted by Gasteiger charge is 2.61. The van der Waals surface area contributed by atoms with Gasteiger partial charge in [0.05, 0.1) is 17.5 Å². The Hall–Kier alpha value is -1.97. The van der Waals surface area contributed by atoms with E-state index in [1.54, 1.807) is 24.3 Å². The van der Waals surface area contributed by atoms with Crippen LogP contribution in [0.2, 0.25) is 0 Å². The molecule has 108 valence electrons. The van der Waals surface area contributed by atoms with Crippen molar-refractivity contribution in [1.82, 2.24) is 0 Å². The average Bonchev–Trinajstić information content (AvgIpc) is 3.13. The monoisotopic (exact) mass is 283 g/mol. The molecule has 0 spiro atoms. The lowest BCUT2D eigenvalue weighted by Crippen LogP contribution is -2.32. The minimum Gasteiger partial charge on any atom is -0.295 e. The number of Topliss-reactive ketones (excluding diaryl/α,β-unsaturated/α-hetero) is 1. The molecular weight excluding hydrogens is 266 g/mol. The number of ketones is 1. The lowest BCUT2D eigenvalue weighted by molar-refractivity contribution is -0.123. The molecular formula is C17H17NO3. The molecule has 1 aromatic carbocycles. The summed E-state index contributed by atoms with van der Waals surface area (Å²) in [7, 11) is 0. The number of benzene rings is 1. The minimum atomic E-state index is -0.0938. The second kappa shape index (κ2) is 4.26. The van der Waals surface area contributed by atoms with Gasteiger partial charge in [0.1, 0.15) is 0 Å². The number of carbonyl (C=O) groups excluding carboxylic acids is 3. The van der Waals surface area contributed by atoms with Gasteiger partial charge >= 0.3 is 0 Å². The third kappa shape index (κ3) is 1.65. The van der Waals surface area contributed by atoms with Crippen molar-refractivity contribution in [2.45, 2.75) is 26.2 Å². The molecule has 2 saturated carbocycles. The summed E-state index contributed by atoms with van der Waals surface area (Å²) in [6.45, 7) is 1.50. The molecule has 21 heavy (non-hydrogen) atoms. The van der Waals surface area contributed by atoms with Gasteiger partial charge in [-0.2, -0.15) is 0 Å². The van der Waals surface area contributed by atoms with Gasteiger partial charge in [0, 0.05) is 5.56 Å². The van der Waals surface area contributed by atoms with Crippen LogP contribution in [-0.4, -0.2) is 17.6 Å². The summed E-state index contributed by atoms with van der Waals surface area (Å²) in [5.74, 6) is 0.527. The Morgan fingerprint density at radius 3 is 2.00 bits per heavy atom. The zero-order chi connectivity index (χ0) is 14.7. The van der Waals surface area contributed by atoms with Crippen LogP contribution in [0.5, 0.6) is 0 Å². The second-order valence-electron chi connectivity index (χ2n) is 6.50. The largest absolute Gasteiger partial charge is 0.295 e. The molecule has 1 aliphatic heterocycles. The van der Waals surface area contributed by atoms with Crippen LogP contribution in [0.25, 0.3) is 0 Å². The number of fused-ring (bicyclic) bond motifs is 5. The van der Waals surface area contributed by atoms with Crippen LogP contribution in [0.15, 0.2) is 24.3 Å². The summed E-state index contributed by atoms with van der Waals surface area (Å²) in [5.41, 5.74) is 1.20. The average molecular weight is 283 g/mol. The predicted octanol–water partition coefficient (Wildman–Crippen LogP) is 2.42. The first-order chi connectivity index (χ1) is 10.1. The van der Waals surface area contributed by atoms with Crippen molar-refractivity contribution in [3.63, 3.8) is 0 Å². The van der Waals surface area contributed by atoms with Crippen LogP contribution >= 0.6 is 0 Å². The number of anilines is 1. The van der Waals surface area contributed by atoms with Crippen molar-refractivity contribution in [2.75, 3.05) is 4.90 Å². The number of nitrogens with zero attached hydrogens (tertiary/aromatic N) is 1. The molecule has 2 amide bonds. The van der Waals surface area contributed by atoms with Crippen LogP contribution in [-0.2, 0) is 9.59 Å². The molecule has 1 saturated heterocycles. The SMILES string of the molecule is CC(=O)c1ccc(N2C(=O)[C@@H]3[C@@H]4CC[C@@H](C4)[C@@H]3C2=O)cc1. The smallest absolute Gasteiger partial charge is 0.237 e. The van der Waals surface area contributed by atoms with Gasteiger partial charge in [-0.05, 0) is 62.3 Å². The van der Waals surface area contributed by atoms with Gasteiger partial charge < -0.3 is 0 Å². The molecule has 3 aliphatic rings. The van der Waals surface area contributed by atoms with E-state index in [2.05, 4.69) is 0 Å². The quantitative estimate of drug-likeness (QED) is 0.618. The highest BCUT2D eigenvalue weighted by atomic mass is 16.2. The topological polar surface area (TPSA) is 54.5 Å². The first-order valence-corrected chi connectivity index (χ1v) is 7.56. The molecule has 4 rings (SSSR count). The number of amides is 2. The standard InChI is InChI=1S/C17H17NO3/c1-9(19)10-4-6-13(7-5-10)18-16(20)14-11-2-3-12(8-11)15(14)17(18)21/h4-7,11-12,14-15H,2-3,8H2,1H3/t11-,12+,14-,15+. The van der Waals surface area contributed by atoms with Gasteiger partial charge in [0.15, 0.2) is 5.78 Å². The van der Waals surface area contributed by atoms with E-state index in [0.717, 1.165) is 19.3 Å². The molecule has 0 unspecified atom stereocenters. The zero-order valence-corrected chi connectivity index (χ0v) is 11.9. The molecule has 0 radical (unpaired) electrons. The summed E-state index contributed by atoms with van der Waals surface area (Å²) in [6.07, 6.45) is 3.22. The van der Waals surface area contributed by atoms with E-state index < -0.39 is 0 Å². The van der Waals surface area contributed by atoms with Gasteiger partial charge in [-0.3, -0.25) is 19.3 Å². The number of imide groups is 1. The van der Waals surface area contributed by atoms with Crippen molar-refractivity contribution in [2.24, 2.45) is 23.7 Å². The Balaban J connectivity index is 1.68. The van der Waals surface area contributed by atoms with Gasteiger partial charge in [-0.15, -0.1) is 0 Å². The van der Waals surface area contributed by atoms with Crippen LogP contribution in [0, 0.1) is 23.7 Å².